The molecule has 0 aliphatic carbocycles. The van der Waals surface area contributed by atoms with Crippen LogP contribution in [0.3, 0.4) is 0 Å². The first-order chi connectivity index (χ1) is 20.6. The molecular weight excluding hydrogens is 580 g/mol. The summed E-state index contributed by atoms with van der Waals surface area (Å²) in [6.45, 7) is 6.16. The minimum absolute atomic E-state index is 0.111. The van der Waals surface area contributed by atoms with Crippen molar-refractivity contribution in [1.29, 1.82) is 0 Å². The quantitative estimate of drug-likeness (QED) is 0.226. The van der Waals surface area contributed by atoms with Gasteiger partial charge in [-0.15, -0.1) is 5.10 Å². The normalized spacial score (nSPS) is 20.8. The van der Waals surface area contributed by atoms with Crippen molar-refractivity contribution in [2.45, 2.75) is 45.4 Å². The number of nitrogens with zero attached hydrogens (tertiary/aromatic N) is 5. The lowest BCUT2D eigenvalue weighted by atomic mass is 10.0. The highest BCUT2D eigenvalue weighted by molar-refractivity contribution is 6.30. The number of nitrogens with one attached hydrogen (secondary N) is 1. The minimum Gasteiger partial charge on any atom is -0.455 e. The molecule has 3 unspecified atom stereocenters. The van der Waals surface area contributed by atoms with Crippen LogP contribution in [0.1, 0.15) is 38.5 Å². The van der Waals surface area contributed by atoms with Gasteiger partial charge in [-0.3, -0.25) is 4.79 Å². The standard InChI is InChI=1S/C30H32ClF2N7O3/c1-17-15-39(30(34)37-36-14-23-8-9-28(42-23)20-4-6-22(31)7-5-20)16-18(2)40(17)29-25(32)10-21(11-26(29)33)27-12-24(43-38-27)13-35-19(3)41/h4-11,14,17-18,24H,12-13,15-16H2,1-3H3,(H2,34,37)(H,35,41)/b36-14-. The Hall–Kier alpha value is -4.45. The SMILES string of the molecule is CC(=O)NCC1CC(c2cc(F)c(N3C(C)CN(/C(N)=N/N=C\c4ccc(-c5ccc(Cl)cc5)o4)CC3C)c(F)c2)=NO1. The van der Waals surface area contributed by atoms with Gasteiger partial charge in [0.2, 0.25) is 11.9 Å². The first-order valence-corrected chi connectivity index (χ1v) is 14.2. The van der Waals surface area contributed by atoms with Crippen molar-refractivity contribution in [3.8, 4) is 11.3 Å². The smallest absolute Gasteiger partial charge is 0.217 e. The van der Waals surface area contributed by atoms with E-state index in [-0.39, 0.29) is 42.3 Å². The molecule has 226 valence electrons. The largest absolute Gasteiger partial charge is 0.455 e. The fourth-order valence-electron chi connectivity index (χ4n) is 5.29. The summed E-state index contributed by atoms with van der Waals surface area (Å²) in [5, 5.41) is 15.5. The van der Waals surface area contributed by atoms with Crippen LogP contribution in [0.15, 0.2) is 68.3 Å². The van der Waals surface area contributed by atoms with Crippen molar-refractivity contribution in [1.82, 2.24) is 10.2 Å². The van der Waals surface area contributed by atoms with Gasteiger partial charge < -0.3 is 30.1 Å². The van der Waals surface area contributed by atoms with Crippen LogP contribution in [0.25, 0.3) is 11.3 Å². The van der Waals surface area contributed by atoms with Crippen LogP contribution in [-0.4, -0.2) is 66.5 Å². The van der Waals surface area contributed by atoms with Crippen LogP contribution < -0.4 is 16.0 Å². The summed E-state index contributed by atoms with van der Waals surface area (Å²) in [6.07, 6.45) is 1.40. The van der Waals surface area contributed by atoms with Crippen LogP contribution in [0, 0.1) is 11.6 Å². The maximum absolute atomic E-state index is 15.4. The number of hydrogen-bond donors (Lipinski definition) is 2. The summed E-state index contributed by atoms with van der Waals surface area (Å²) in [5.74, 6) is -0.238. The highest BCUT2D eigenvalue weighted by Crippen LogP contribution is 2.32. The molecule has 5 rings (SSSR count). The molecule has 3 aromatic rings. The Morgan fingerprint density at radius 2 is 1.79 bits per heavy atom. The monoisotopic (exact) mass is 611 g/mol. The van der Waals surface area contributed by atoms with Gasteiger partial charge in [0.05, 0.1) is 18.5 Å². The molecule has 0 spiro atoms. The molecule has 2 aromatic carbocycles. The third-order valence-electron chi connectivity index (χ3n) is 7.26. The topological polar surface area (TPSA) is 121 Å². The zero-order valence-electron chi connectivity index (χ0n) is 23.9. The van der Waals surface area contributed by atoms with Crippen molar-refractivity contribution in [2.75, 3.05) is 24.5 Å². The van der Waals surface area contributed by atoms with E-state index in [2.05, 4.69) is 20.7 Å². The number of benzene rings is 2. The molecule has 3 atom stereocenters. The highest BCUT2D eigenvalue weighted by atomic mass is 35.5. The molecule has 0 saturated carbocycles. The molecule has 10 nitrogen and oxygen atoms in total. The molecule has 2 aliphatic heterocycles. The average molecular weight is 612 g/mol. The number of amides is 1. The number of carbonyl (C=O) groups excluding carboxylic acids is 1. The predicted octanol–water partition coefficient (Wildman–Crippen LogP) is 4.76. The number of furan rings is 1. The van der Waals surface area contributed by atoms with Crippen LogP contribution in [-0.2, 0) is 9.63 Å². The fourth-order valence-corrected chi connectivity index (χ4v) is 5.42. The first kappa shape index (κ1) is 30.0. The van der Waals surface area contributed by atoms with Crippen molar-refractivity contribution < 1.29 is 22.8 Å². The second kappa shape index (κ2) is 12.8. The predicted molar refractivity (Wildman–Crippen MR) is 162 cm³/mol. The second-order valence-corrected chi connectivity index (χ2v) is 11.1. The number of nitrogens with two attached hydrogens (primary N) is 1. The van der Waals surface area contributed by atoms with Crippen LogP contribution >= 0.6 is 11.6 Å². The Kier molecular flexibility index (Phi) is 8.95. The molecule has 2 aliphatic rings. The molecule has 1 aromatic heterocycles. The van der Waals surface area contributed by atoms with Crippen molar-refractivity contribution in [3.05, 3.63) is 76.5 Å². The van der Waals surface area contributed by atoms with Gasteiger partial charge in [-0.05, 0) is 62.4 Å². The number of hydrogen-bond acceptors (Lipinski definition) is 7. The molecule has 1 saturated heterocycles. The Morgan fingerprint density at radius 3 is 2.44 bits per heavy atom. The van der Waals surface area contributed by atoms with E-state index in [1.165, 1.54) is 25.3 Å². The van der Waals surface area contributed by atoms with E-state index >= 15 is 8.78 Å². The Labute approximate surface area is 252 Å². The summed E-state index contributed by atoms with van der Waals surface area (Å²) in [6, 6.07) is 12.8. The summed E-state index contributed by atoms with van der Waals surface area (Å²) in [4.78, 5) is 20.0. The molecule has 0 radical (unpaired) electrons. The number of carbonyl (C=O) groups is 1. The van der Waals surface area contributed by atoms with Gasteiger partial charge in [0.1, 0.15) is 34.9 Å². The summed E-state index contributed by atoms with van der Waals surface area (Å²) < 4.78 is 36.7. The van der Waals surface area contributed by atoms with E-state index in [9.17, 15) is 4.79 Å². The Bertz CT molecular complexity index is 1540. The highest BCUT2D eigenvalue weighted by Gasteiger charge is 2.34. The lowest BCUT2D eigenvalue weighted by Crippen LogP contribution is -2.60. The average Bonchev–Trinajstić information content (AvgIpc) is 3.63. The van der Waals surface area contributed by atoms with E-state index in [0.717, 1.165) is 5.56 Å². The van der Waals surface area contributed by atoms with Gasteiger partial charge in [0.25, 0.3) is 0 Å². The van der Waals surface area contributed by atoms with Crippen molar-refractivity contribution >= 4 is 41.1 Å². The van der Waals surface area contributed by atoms with Crippen LogP contribution in [0.5, 0.6) is 0 Å². The molecular formula is C30H32ClF2N7O3. The van der Waals surface area contributed by atoms with Crippen molar-refractivity contribution in [2.24, 2.45) is 21.1 Å². The number of oxime groups is 1. The number of guanidine groups is 1. The van der Waals surface area contributed by atoms with E-state index in [4.69, 9.17) is 26.6 Å². The molecule has 1 amide bonds. The molecule has 3 N–H and O–H groups in total. The van der Waals surface area contributed by atoms with Crippen molar-refractivity contribution in [3.63, 3.8) is 0 Å². The van der Waals surface area contributed by atoms with E-state index in [0.29, 0.717) is 47.3 Å². The molecule has 43 heavy (non-hydrogen) atoms. The molecule has 0 bridgehead atoms. The summed E-state index contributed by atoms with van der Waals surface area (Å²) in [7, 11) is 0. The number of piperazine rings is 1. The second-order valence-electron chi connectivity index (χ2n) is 10.6. The third-order valence-corrected chi connectivity index (χ3v) is 7.52. The zero-order valence-corrected chi connectivity index (χ0v) is 24.7. The maximum atomic E-state index is 15.4. The van der Waals surface area contributed by atoms with Crippen LogP contribution in [0.2, 0.25) is 5.02 Å². The first-order valence-electron chi connectivity index (χ1n) is 13.8. The summed E-state index contributed by atoms with van der Waals surface area (Å²) in [5.41, 5.74) is 7.72. The van der Waals surface area contributed by atoms with Crippen LogP contribution in [0.4, 0.5) is 14.5 Å². The Morgan fingerprint density at radius 1 is 1.12 bits per heavy atom. The maximum Gasteiger partial charge on any atom is 0.217 e. The molecule has 3 heterocycles. The summed E-state index contributed by atoms with van der Waals surface area (Å²) >= 11 is 5.95. The van der Waals surface area contributed by atoms with E-state index in [1.54, 1.807) is 23.1 Å². The number of halogens is 3. The number of anilines is 1. The fraction of sp³-hybridized carbons (Fsp3) is 0.333. The third kappa shape index (κ3) is 6.96. The Balaban J connectivity index is 1.22. The number of rotatable bonds is 7. The van der Waals surface area contributed by atoms with E-state index < -0.39 is 11.6 Å². The van der Waals surface area contributed by atoms with Gasteiger partial charge in [-0.2, -0.15) is 5.10 Å². The van der Waals surface area contributed by atoms with E-state index in [1.807, 2.05) is 36.9 Å². The van der Waals surface area contributed by atoms with Gasteiger partial charge in [-0.25, -0.2) is 8.78 Å². The molecule has 13 heteroatoms. The van der Waals surface area contributed by atoms with Gasteiger partial charge >= 0.3 is 0 Å². The van der Waals surface area contributed by atoms with Gasteiger partial charge in [0, 0.05) is 54.7 Å². The minimum atomic E-state index is -0.696. The van der Waals surface area contributed by atoms with Gasteiger partial charge in [-0.1, -0.05) is 16.8 Å². The van der Waals surface area contributed by atoms with Gasteiger partial charge in [0.15, 0.2) is 0 Å². The lowest BCUT2D eigenvalue weighted by Gasteiger charge is -2.46. The zero-order chi connectivity index (χ0) is 30.7. The molecule has 1 fully saturated rings. The lowest BCUT2D eigenvalue weighted by molar-refractivity contribution is -0.119.